The number of nitrogens with one attached hydrogen (secondary N) is 1. The number of fused-ring (bicyclic) bond motifs is 1. The van der Waals surface area contributed by atoms with Gasteiger partial charge in [0.1, 0.15) is 0 Å². The standard InChI is InChI=1S/C24H29FN2O5S/c1-3-14-32-22-16-18(11-12-21(22)25)17(2)26-33(30,31)15-8-4-7-13-27-23(28)19-9-5-6-10-20(19)24(27)29/h5-6,9-12,16-17,26H,3-4,7-8,13-15H2,1-2H3. The molecule has 0 aromatic heterocycles. The number of hydrogen-bond donors (Lipinski definition) is 1. The zero-order valence-corrected chi connectivity index (χ0v) is 19.7. The molecular formula is C24H29FN2O5S. The molecule has 1 aliphatic heterocycles. The molecule has 1 N–H and O–H groups in total. The van der Waals surface area contributed by atoms with Crippen LogP contribution in [0.1, 0.15) is 71.9 Å². The molecule has 1 unspecified atom stereocenters. The summed E-state index contributed by atoms with van der Waals surface area (Å²) in [5, 5.41) is 0. The van der Waals surface area contributed by atoms with Gasteiger partial charge in [-0.1, -0.05) is 31.5 Å². The Bertz CT molecular complexity index is 1080. The monoisotopic (exact) mass is 476 g/mol. The van der Waals surface area contributed by atoms with Crippen LogP contribution in [-0.4, -0.2) is 44.0 Å². The number of hydrogen-bond acceptors (Lipinski definition) is 5. The summed E-state index contributed by atoms with van der Waals surface area (Å²) in [7, 11) is -3.57. The lowest BCUT2D eigenvalue weighted by molar-refractivity contribution is 0.0651. The molecule has 1 atom stereocenters. The second-order valence-electron chi connectivity index (χ2n) is 8.06. The van der Waals surface area contributed by atoms with E-state index in [1.54, 1.807) is 31.2 Å². The van der Waals surface area contributed by atoms with Gasteiger partial charge in [0.15, 0.2) is 11.6 Å². The quantitative estimate of drug-likeness (QED) is 0.368. The summed E-state index contributed by atoms with van der Waals surface area (Å²) in [6.07, 6.45) is 2.19. The zero-order valence-electron chi connectivity index (χ0n) is 18.8. The van der Waals surface area contributed by atoms with E-state index in [4.69, 9.17) is 4.74 Å². The van der Waals surface area contributed by atoms with E-state index in [0.717, 1.165) is 6.42 Å². The van der Waals surface area contributed by atoms with Gasteiger partial charge in [-0.3, -0.25) is 14.5 Å². The summed E-state index contributed by atoms with van der Waals surface area (Å²) < 4.78 is 46.8. The van der Waals surface area contributed by atoms with E-state index in [1.807, 2.05) is 6.92 Å². The fraction of sp³-hybridized carbons (Fsp3) is 0.417. The Kier molecular flexibility index (Phi) is 8.20. The average molecular weight is 477 g/mol. The van der Waals surface area contributed by atoms with E-state index in [0.29, 0.717) is 42.6 Å². The van der Waals surface area contributed by atoms with E-state index >= 15 is 0 Å². The second kappa shape index (κ2) is 10.9. The molecule has 9 heteroatoms. The maximum absolute atomic E-state index is 13.9. The van der Waals surface area contributed by atoms with Gasteiger partial charge in [-0.2, -0.15) is 0 Å². The van der Waals surface area contributed by atoms with Crippen LogP contribution in [0.3, 0.4) is 0 Å². The Labute approximate surface area is 194 Å². The Hall–Kier alpha value is -2.78. The average Bonchev–Trinajstić information content (AvgIpc) is 3.03. The van der Waals surface area contributed by atoms with Crippen molar-refractivity contribution in [3.8, 4) is 5.75 Å². The van der Waals surface area contributed by atoms with Crippen LogP contribution >= 0.6 is 0 Å². The number of halogens is 1. The topological polar surface area (TPSA) is 92.8 Å². The van der Waals surface area contributed by atoms with Crippen molar-refractivity contribution in [2.24, 2.45) is 0 Å². The molecular weight excluding hydrogens is 447 g/mol. The van der Waals surface area contributed by atoms with Crippen LogP contribution in [0.4, 0.5) is 4.39 Å². The molecule has 2 aromatic rings. The Balaban J connectivity index is 1.45. The number of carbonyl (C=O) groups is 2. The highest BCUT2D eigenvalue weighted by molar-refractivity contribution is 7.89. The minimum Gasteiger partial charge on any atom is -0.491 e. The molecule has 2 aromatic carbocycles. The van der Waals surface area contributed by atoms with Crippen molar-refractivity contribution in [3.63, 3.8) is 0 Å². The van der Waals surface area contributed by atoms with Gasteiger partial charge in [-0.25, -0.2) is 17.5 Å². The molecule has 0 aliphatic carbocycles. The Morgan fingerprint density at radius 2 is 1.70 bits per heavy atom. The van der Waals surface area contributed by atoms with E-state index < -0.39 is 21.9 Å². The predicted octanol–water partition coefficient (Wildman–Crippen LogP) is 4.06. The van der Waals surface area contributed by atoms with Crippen molar-refractivity contribution in [2.45, 2.75) is 45.6 Å². The number of nitrogens with zero attached hydrogens (tertiary/aromatic N) is 1. The van der Waals surface area contributed by atoms with Crippen molar-refractivity contribution in [1.82, 2.24) is 9.62 Å². The molecule has 7 nitrogen and oxygen atoms in total. The van der Waals surface area contributed by atoms with Crippen molar-refractivity contribution >= 4 is 21.8 Å². The van der Waals surface area contributed by atoms with Crippen molar-refractivity contribution in [2.75, 3.05) is 18.9 Å². The SMILES string of the molecule is CCCOc1cc(C(C)NS(=O)(=O)CCCCCN2C(=O)c3ccccc3C2=O)ccc1F. The summed E-state index contributed by atoms with van der Waals surface area (Å²) >= 11 is 0. The van der Waals surface area contributed by atoms with Gasteiger partial charge >= 0.3 is 0 Å². The van der Waals surface area contributed by atoms with Gasteiger partial charge in [-0.15, -0.1) is 0 Å². The summed E-state index contributed by atoms with van der Waals surface area (Å²) in [5.74, 6) is -1.07. The molecule has 0 spiro atoms. The number of imide groups is 1. The van der Waals surface area contributed by atoms with Crippen LogP contribution in [0.5, 0.6) is 5.75 Å². The second-order valence-corrected chi connectivity index (χ2v) is 9.94. The number of unbranched alkanes of at least 4 members (excludes halogenated alkanes) is 2. The predicted molar refractivity (Wildman–Crippen MR) is 123 cm³/mol. The number of rotatable bonds is 12. The maximum Gasteiger partial charge on any atom is 0.261 e. The molecule has 0 saturated carbocycles. The number of amides is 2. The lowest BCUT2D eigenvalue weighted by Gasteiger charge is -2.16. The van der Waals surface area contributed by atoms with Crippen molar-refractivity contribution in [1.29, 1.82) is 0 Å². The highest BCUT2D eigenvalue weighted by Gasteiger charge is 2.34. The smallest absolute Gasteiger partial charge is 0.261 e. The number of sulfonamides is 1. The molecule has 178 valence electrons. The lowest BCUT2D eigenvalue weighted by atomic mass is 10.1. The fourth-order valence-corrected chi connectivity index (χ4v) is 5.07. The van der Waals surface area contributed by atoms with Gasteiger partial charge < -0.3 is 4.74 Å². The highest BCUT2D eigenvalue weighted by Crippen LogP contribution is 2.24. The molecule has 3 rings (SSSR count). The van der Waals surface area contributed by atoms with E-state index in [1.165, 1.54) is 23.1 Å². The molecule has 0 saturated heterocycles. The first-order chi connectivity index (χ1) is 15.7. The first-order valence-corrected chi connectivity index (χ1v) is 12.8. The number of carbonyl (C=O) groups excluding carboxylic acids is 2. The third-order valence-corrected chi connectivity index (χ3v) is 6.99. The van der Waals surface area contributed by atoms with Gasteiger partial charge in [0.25, 0.3) is 11.8 Å². The summed E-state index contributed by atoms with van der Waals surface area (Å²) in [6.45, 7) is 4.24. The summed E-state index contributed by atoms with van der Waals surface area (Å²) in [5.41, 5.74) is 1.43. The van der Waals surface area contributed by atoms with Gasteiger partial charge in [0.2, 0.25) is 10.0 Å². The first-order valence-electron chi connectivity index (χ1n) is 11.1. The van der Waals surface area contributed by atoms with Crippen molar-refractivity contribution in [3.05, 3.63) is 65.0 Å². The third kappa shape index (κ3) is 6.17. The normalized spacial score (nSPS) is 14.5. The van der Waals surface area contributed by atoms with E-state index in [-0.39, 0.29) is 29.9 Å². The minimum atomic E-state index is -3.57. The molecule has 0 bridgehead atoms. The summed E-state index contributed by atoms with van der Waals surface area (Å²) in [4.78, 5) is 25.9. The van der Waals surface area contributed by atoms with Crippen LogP contribution in [0, 0.1) is 5.82 Å². The summed E-state index contributed by atoms with van der Waals surface area (Å²) in [6, 6.07) is 10.5. The van der Waals surface area contributed by atoms with Crippen LogP contribution in [0.2, 0.25) is 0 Å². The lowest BCUT2D eigenvalue weighted by Crippen LogP contribution is -2.31. The van der Waals surface area contributed by atoms with E-state index in [2.05, 4.69) is 4.72 Å². The van der Waals surface area contributed by atoms with Gasteiger partial charge in [0.05, 0.1) is 23.5 Å². The molecule has 1 heterocycles. The van der Waals surface area contributed by atoms with Crippen LogP contribution in [0.25, 0.3) is 0 Å². The largest absolute Gasteiger partial charge is 0.491 e. The maximum atomic E-state index is 13.9. The Morgan fingerprint density at radius 1 is 1.03 bits per heavy atom. The molecule has 0 radical (unpaired) electrons. The third-order valence-electron chi connectivity index (χ3n) is 5.45. The molecule has 1 aliphatic rings. The fourth-order valence-electron chi connectivity index (χ4n) is 3.69. The van der Waals surface area contributed by atoms with Crippen molar-refractivity contribution < 1.29 is 27.1 Å². The number of benzene rings is 2. The molecule has 33 heavy (non-hydrogen) atoms. The van der Waals surface area contributed by atoms with Gasteiger partial charge in [0, 0.05) is 12.6 Å². The van der Waals surface area contributed by atoms with Crippen LogP contribution in [-0.2, 0) is 10.0 Å². The minimum absolute atomic E-state index is 0.0835. The zero-order chi connectivity index (χ0) is 24.0. The Morgan fingerprint density at radius 3 is 2.33 bits per heavy atom. The van der Waals surface area contributed by atoms with Crippen LogP contribution < -0.4 is 9.46 Å². The molecule has 0 fully saturated rings. The first kappa shape index (κ1) is 24.9. The van der Waals surface area contributed by atoms with E-state index in [9.17, 15) is 22.4 Å². The number of ether oxygens (including phenoxy) is 1. The van der Waals surface area contributed by atoms with Gasteiger partial charge in [-0.05, 0) is 56.0 Å². The van der Waals surface area contributed by atoms with Crippen LogP contribution in [0.15, 0.2) is 42.5 Å². The molecule has 2 amide bonds. The highest BCUT2D eigenvalue weighted by atomic mass is 32.2.